The number of hydrogen-bond acceptors (Lipinski definition) is 3. The van der Waals surface area contributed by atoms with Crippen molar-refractivity contribution in [3.63, 3.8) is 0 Å². The molecule has 3 nitrogen and oxygen atoms in total. The van der Waals surface area contributed by atoms with E-state index in [2.05, 4.69) is 0 Å². The molecule has 3 heteroatoms. The molecule has 138 valence electrons. The minimum absolute atomic E-state index is 0.227. The van der Waals surface area contributed by atoms with E-state index in [1.54, 1.807) is 18.2 Å². The highest BCUT2D eigenvalue weighted by Crippen LogP contribution is 2.27. The summed E-state index contributed by atoms with van der Waals surface area (Å²) in [5.74, 6) is 0.555. The number of aromatic hydroxyl groups is 1. The largest absolute Gasteiger partial charge is 0.507 e. The van der Waals surface area contributed by atoms with E-state index >= 15 is 0 Å². The van der Waals surface area contributed by atoms with Crippen molar-refractivity contribution in [3.8, 4) is 11.5 Å². The van der Waals surface area contributed by atoms with Crippen LogP contribution in [0.4, 0.5) is 0 Å². The predicted octanol–water partition coefficient (Wildman–Crippen LogP) is 6.06. The van der Waals surface area contributed by atoms with Crippen molar-refractivity contribution in [1.29, 1.82) is 0 Å². The van der Waals surface area contributed by atoms with E-state index in [9.17, 15) is 9.90 Å². The van der Waals surface area contributed by atoms with Gasteiger partial charge in [-0.2, -0.15) is 0 Å². The minimum Gasteiger partial charge on any atom is -0.507 e. The first-order valence-corrected chi connectivity index (χ1v) is 9.11. The first kappa shape index (κ1) is 18.7. The Morgan fingerprint density at radius 1 is 1.00 bits per heavy atom. The average Bonchev–Trinajstić information content (AvgIpc) is 2.67. The SMILES string of the molecule is CCC(C)(C)C(=O)Oc1ccc(/C=C/c2cc3ccccc3cc2O)cc1. The minimum atomic E-state index is -0.494. The Labute approximate surface area is 159 Å². The number of esters is 1. The van der Waals surface area contributed by atoms with Crippen molar-refractivity contribution in [1.82, 2.24) is 0 Å². The van der Waals surface area contributed by atoms with Crippen LogP contribution in [0.1, 0.15) is 38.3 Å². The van der Waals surface area contributed by atoms with Gasteiger partial charge in [-0.15, -0.1) is 0 Å². The molecule has 0 radical (unpaired) electrons. The number of hydrogen-bond donors (Lipinski definition) is 1. The van der Waals surface area contributed by atoms with Crippen molar-refractivity contribution in [2.75, 3.05) is 0 Å². The lowest BCUT2D eigenvalue weighted by Gasteiger charge is -2.20. The summed E-state index contributed by atoms with van der Waals surface area (Å²) in [5.41, 5.74) is 1.22. The molecule has 27 heavy (non-hydrogen) atoms. The Morgan fingerprint density at radius 2 is 1.63 bits per heavy atom. The molecule has 0 saturated carbocycles. The molecule has 3 rings (SSSR count). The summed E-state index contributed by atoms with van der Waals surface area (Å²) < 4.78 is 5.45. The Hall–Kier alpha value is -3.07. The molecule has 3 aromatic carbocycles. The quantitative estimate of drug-likeness (QED) is 0.342. The zero-order chi connectivity index (χ0) is 19.4. The number of rotatable bonds is 5. The predicted molar refractivity (Wildman–Crippen MR) is 111 cm³/mol. The summed E-state index contributed by atoms with van der Waals surface area (Å²) in [5, 5.41) is 12.3. The molecule has 0 amide bonds. The summed E-state index contributed by atoms with van der Waals surface area (Å²) in [6, 6.07) is 19.0. The summed E-state index contributed by atoms with van der Waals surface area (Å²) in [6.45, 7) is 5.72. The van der Waals surface area contributed by atoms with Crippen LogP contribution in [0.3, 0.4) is 0 Å². The topological polar surface area (TPSA) is 46.5 Å². The number of carbonyl (C=O) groups excluding carboxylic acids is 1. The van der Waals surface area contributed by atoms with Crippen LogP contribution in [-0.4, -0.2) is 11.1 Å². The second kappa shape index (κ2) is 7.67. The molecule has 0 bridgehead atoms. The smallest absolute Gasteiger partial charge is 0.316 e. The molecule has 3 aromatic rings. The monoisotopic (exact) mass is 360 g/mol. The van der Waals surface area contributed by atoms with Crippen LogP contribution in [-0.2, 0) is 4.79 Å². The van der Waals surface area contributed by atoms with Crippen LogP contribution in [0.25, 0.3) is 22.9 Å². The van der Waals surface area contributed by atoms with Crippen molar-refractivity contribution >= 4 is 28.9 Å². The van der Waals surface area contributed by atoms with Gasteiger partial charge in [0.15, 0.2) is 0 Å². The van der Waals surface area contributed by atoms with Gasteiger partial charge >= 0.3 is 5.97 Å². The average molecular weight is 360 g/mol. The standard InChI is InChI=1S/C24H24O3/c1-4-24(2,3)23(26)27-21-13-10-17(11-14-21)9-12-20-15-18-7-5-6-8-19(18)16-22(20)25/h5-16,25H,4H2,1-3H3/b12-9+. The van der Waals surface area contributed by atoms with Crippen molar-refractivity contribution in [2.45, 2.75) is 27.2 Å². The van der Waals surface area contributed by atoms with E-state index in [4.69, 9.17) is 4.74 Å². The van der Waals surface area contributed by atoms with E-state index < -0.39 is 5.41 Å². The maximum Gasteiger partial charge on any atom is 0.316 e. The number of benzene rings is 3. The molecular weight excluding hydrogens is 336 g/mol. The molecule has 1 N–H and O–H groups in total. The molecule has 0 aliphatic carbocycles. The fraction of sp³-hybridized carbons (Fsp3) is 0.208. The summed E-state index contributed by atoms with van der Waals surface area (Å²) in [7, 11) is 0. The normalized spacial score (nSPS) is 11.8. The number of phenolic OH excluding ortho intramolecular Hbond substituents is 1. The third-order valence-electron chi connectivity index (χ3n) is 4.88. The second-order valence-corrected chi connectivity index (χ2v) is 7.29. The van der Waals surface area contributed by atoms with Gasteiger partial charge in [-0.25, -0.2) is 0 Å². The Bertz CT molecular complexity index is 982. The van der Waals surface area contributed by atoms with E-state index in [0.717, 1.165) is 28.3 Å². The highest BCUT2D eigenvalue weighted by molar-refractivity contribution is 5.88. The molecule has 0 aliphatic heterocycles. The van der Waals surface area contributed by atoms with Gasteiger partial charge in [-0.1, -0.05) is 55.5 Å². The van der Waals surface area contributed by atoms with Gasteiger partial charge in [0.2, 0.25) is 0 Å². The van der Waals surface area contributed by atoms with Crippen LogP contribution < -0.4 is 4.74 Å². The third-order valence-corrected chi connectivity index (χ3v) is 4.88. The molecule has 0 aliphatic rings. The number of ether oxygens (including phenoxy) is 1. The summed E-state index contributed by atoms with van der Waals surface area (Å²) in [4.78, 5) is 12.1. The lowest BCUT2D eigenvalue weighted by atomic mass is 9.91. The maximum absolute atomic E-state index is 12.1. The third kappa shape index (κ3) is 4.37. The van der Waals surface area contributed by atoms with E-state index in [1.165, 1.54) is 0 Å². The first-order chi connectivity index (χ1) is 12.9. The number of fused-ring (bicyclic) bond motifs is 1. The van der Waals surface area contributed by atoms with Crippen LogP contribution in [0, 0.1) is 5.41 Å². The molecular formula is C24H24O3. The number of carbonyl (C=O) groups is 1. The summed E-state index contributed by atoms with van der Waals surface area (Å²) in [6.07, 6.45) is 4.52. The van der Waals surface area contributed by atoms with Crippen molar-refractivity contribution < 1.29 is 14.6 Å². The van der Waals surface area contributed by atoms with E-state index in [-0.39, 0.29) is 11.7 Å². The molecule has 0 spiro atoms. The highest BCUT2D eigenvalue weighted by Gasteiger charge is 2.27. The summed E-state index contributed by atoms with van der Waals surface area (Å²) >= 11 is 0. The fourth-order valence-electron chi connectivity index (χ4n) is 2.60. The van der Waals surface area contributed by atoms with Gasteiger partial charge in [0.05, 0.1) is 5.41 Å². The van der Waals surface area contributed by atoms with Crippen LogP contribution in [0.15, 0.2) is 60.7 Å². The van der Waals surface area contributed by atoms with Gasteiger partial charge < -0.3 is 9.84 Å². The van der Waals surface area contributed by atoms with Gasteiger partial charge in [0, 0.05) is 5.56 Å². The van der Waals surface area contributed by atoms with Crippen molar-refractivity contribution in [3.05, 3.63) is 71.8 Å². The number of phenols is 1. The molecule has 0 aromatic heterocycles. The Balaban J connectivity index is 1.75. The molecule has 0 atom stereocenters. The zero-order valence-corrected chi connectivity index (χ0v) is 15.9. The van der Waals surface area contributed by atoms with Crippen LogP contribution in [0.2, 0.25) is 0 Å². The van der Waals surface area contributed by atoms with Gasteiger partial charge in [-0.3, -0.25) is 4.79 Å². The second-order valence-electron chi connectivity index (χ2n) is 7.29. The van der Waals surface area contributed by atoms with E-state index in [1.807, 2.05) is 75.4 Å². The molecule has 0 saturated heterocycles. The fourth-order valence-corrected chi connectivity index (χ4v) is 2.60. The highest BCUT2D eigenvalue weighted by atomic mass is 16.5. The van der Waals surface area contributed by atoms with Crippen LogP contribution >= 0.6 is 0 Å². The Kier molecular flexibility index (Phi) is 5.31. The van der Waals surface area contributed by atoms with Gasteiger partial charge in [0.1, 0.15) is 11.5 Å². The lowest BCUT2D eigenvalue weighted by Crippen LogP contribution is -2.28. The molecule has 0 fully saturated rings. The zero-order valence-electron chi connectivity index (χ0n) is 15.9. The first-order valence-electron chi connectivity index (χ1n) is 9.11. The lowest BCUT2D eigenvalue weighted by molar-refractivity contribution is -0.144. The molecule has 0 heterocycles. The van der Waals surface area contributed by atoms with Crippen molar-refractivity contribution in [2.24, 2.45) is 5.41 Å². The maximum atomic E-state index is 12.1. The van der Waals surface area contributed by atoms with E-state index in [0.29, 0.717) is 5.75 Å². The Morgan fingerprint density at radius 3 is 2.26 bits per heavy atom. The van der Waals surface area contributed by atoms with Gasteiger partial charge in [-0.05, 0) is 60.9 Å². The van der Waals surface area contributed by atoms with Crippen LogP contribution in [0.5, 0.6) is 11.5 Å². The molecule has 0 unspecified atom stereocenters. The van der Waals surface area contributed by atoms with Gasteiger partial charge in [0.25, 0.3) is 0 Å².